The van der Waals surface area contributed by atoms with E-state index in [2.05, 4.69) is 13.0 Å². The number of hydrogen-bond donors (Lipinski definition) is 0. The van der Waals surface area contributed by atoms with Gasteiger partial charge in [0.25, 0.3) is 0 Å². The van der Waals surface area contributed by atoms with Gasteiger partial charge in [0.15, 0.2) is 0 Å². The molecule has 0 amide bonds. The Labute approximate surface area is 104 Å². The Morgan fingerprint density at radius 2 is 2.18 bits per heavy atom. The van der Waals surface area contributed by atoms with Crippen molar-refractivity contribution in [2.45, 2.75) is 58.3 Å². The lowest BCUT2D eigenvalue weighted by Gasteiger charge is -2.44. The van der Waals surface area contributed by atoms with E-state index >= 15 is 0 Å². The third kappa shape index (κ3) is 2.54. The first-order valence-electron chi connectivity index (χ1n) is 7.09. The lowest BCUT2D eigenvalue weighted by molar-refractivity contribution is -0.113. The SMILES string of the molecule is CCCC1(C#N)CCC2CC(C=O)CCC2C1. The Balaban J connectivity index is 2.01. The molecule has 2 aliphatic carbocycles. The fourth-order valence-electron chi connectivity index (χ4n) is 4.04. The van der Waals surface area contributed by atoms with Crippen LogP contribution in [0.3, 0.4) is 0 Å². The van der Waals surface area contributed by atoms with Gasteiger partial charge in [-0.25, -0.2) is 0 Å². The molecular weight excluding hydrogens is 210 g/mol. The molecule has 2 saturated carbocycles. The van der Waals surface area contributed by atoms with E-state index in [4.69, 9.17) is 0 Å². The zero-order chi connectivity index (χ0) is 12.3. The van der Waals surface area contributed by atoms with Crippen LogP contribution in [0.25, 0.3) is 0 Å². The zero-order valence-corrected chi connectivity index (χ0v) is 10.8. The number of carbonyl (C=O) groups excluding carboxylic acids is 1. The van der Waals surface area contributed by atoms with Crippen molar-refractivity contribution >= 4 is 6.29 Å². The fourth-order valence-corrected chi connectivity index (χ4v) is 4.04. The minimum atomic E-state index is -0.0378. The average molecular weight is 233 g/mol. The van der Waals surface area contributed by atoms with Gasteiger partial charge in [0.05, 0.1) is 11.5 Å². The van der Waals surface area contributed by atoms with E-state index in [0.29, 0.717) is 11.8 Å². The monoisotopic (exact) mass is 233 g/mol. The van der Waals surface area contributed by atoms with Crippen LogP contribution in [0.15, 0.2) is 0 Å². The van der Waals surface area contributed by atoms with Gasteiger partial charge >= 0.3 is 0 Å². The van der Waals surface area contributed by atoms with Gasteiger partial charge in [-0.2, -0.15) is 5.26 Å². The molecule has 0 heterocycles. The Morgan fingerprint density at radius 1 is 1.35 bits per heavy atom. The number of nitriles is 1. The van der Waals surface area contributed by atoms with Crippen LogP contribution in [0.2, 0.25) is 0 Å². The molecule has 4 unspecified atom stereocenters. The van der Waals surface area contributed by atoms with Crippen molar-refractivity contribution < 1.29 is 4.79 Å². The molecule has 4 atom stereocenters. The Bertz CT molecular complexity index is 319. The highest BCUT2D eigenvalue weighted by atomic mass is 16.1. The van der Waals surface area contributed by atoms with Crippen LogP contribution in [0.1, 0.15) is 58.3 Å². The van der Waals surface area contributed by atoms with Gasteiger partial charge in [0.2, 0.25) is 0 Å². The summed E-state index contributed by atoms with van der Waals surface area (Å²) in [4.78, 5) is 10.9. The summed E-state index contributed by atoms with van der Waals surface area (Å²) in [5.74, 6) is 1.74. The highest BCUT2D eigenvalue weighted by molar-refractivity contribution is 5.53. The van der Waals surface area contributed by atoms with Crippen molar-refractivity contribution in [1.82, 2.24) is 0 Å². The molecular formula is C15H23NO. The molecule has 0 aromatic rings. The maximum atomic E-state index is 10.9. The summed E-state index contributed by atoms with van der Waals surface area (Å²) in [6, 6.07) is 2.61. The van der Waals surface area contributed by atoms with Gasteiger partial charge in [0.1, 0.15) is 6.29 Å². The quantitative estimate of drug-likeness (QED) is 0.697. The van der Waals surface area contributed by atoms with Gasteiger partial charge < -0.3 is 4.79 Å². The molecule has 2 rings (SSSR count). The molecule has 2 heteroatoms. The van der Waals surface area contributed by atoms with Gasteiger partial charge in [-0.05, 0) is 56.8 Å². The molecule has 2 nitrogen and oxygen atoms in total. The van der Waals surface area contributed by atoms with E-state index in [9.17, 15) is 10.1 Å². The van der Waals surface area contributed by atoms with Crippen LogP contribution >= 0.6 is 0 Å². The minimum Gasteiger partial charge on any atom is -0.303 e. The van der Waals surface area contributed by atoms with Crippen LogP contribution in [0.4, 0.5) is 0 Å². The number of nitrogens with zero attached hydrogens (tertiary/aromatic N) is 1. The molecule has 2 aliphatic rings. The predicted octanol–water partition coefficient (Wildman–Crippen LogP) is 3.71. The lowest BCUT2D eigenvalue weighted by Crippen LogP contribution is -2.36. The zero-order valence-electron chi connectivity index (χ0n) is 10.8. The summed E-state index contributed by atoms with van der Waals surface area (Å²) in [7, 11) is 0. The molecule has 0 radical (unpaired) electrons. The molecule has 0 aromatic heterocycles. The minimum absolute atomic E-state index is 0.0378. The van der Waals surface area contributed by atoms with Crippen molar-refractivity contribution in [2.24, 2.45) is 23.2 Å². The number of aldehydes is 1. The average Bonchev–Trinajstić information content (AvgIpc) is 2.38. The van der Waals surface area contributed by atoms with E-state index < -0.39 is 0 Å². The van der Waals surface area contributed by atoms with Crippen molar-refractivity contribution in [2.75, 3.05) is 0 Å². The molecule has 0 aliphatic heterocycles. The summed E-state index contributed by atoms with van der Waals surface area (Å²) < 4.78 is 0. The van der Waals surface area contributed by atoms with Gasteiger partial charge in [-0.1, -0.05) is 13.3 Å². The number of hydrogen-bond acceptors (Lipinski definition) is 2. The maximum Gasteiger partial charge on any atom is 0.123 e. The van der Waals surface area contributed by atoms with Crippen LogP contribution < -0.4 is 0 Å². The summed E-state index contributed by atoms with van der Waals surface area (Å²) in [5.41, 5.74) is -0.0378. The number of carbonyl (C=O) groups is 1. The second-order valence-corrected chi connectivity index (χ2v) is 6.11. The van der Waals surface area contributed by atoms with Crippen LogP contribution in [-0.4, -0.2) is 6.29 Å². The predicted molar refractivity (Wildman–Crippen MR) is 67.2 cm³/mol. The Kier molecular flexibility index (Phi) is 3.86. The first-order chi connectivity index (χ1) is 8.23. The molecule has 0 aromatic carbocycles. The van der Waals surface area contributed by atoms with E-state index in [0.717, 1.165) is 50.7 Å². The molecule has 0 N–H and O–H groups in total. The van der Waals surface area contributed by atoms with E-state index in [-0.39, 0.29) is 5.41 Å². The van der Waals surface area contributed by atoms with E-state index in [1.54, 1.807) is 0 Å². The maximum absolute atomic E-state index is 10.9. The van der Waals surface area contributed by atoms with Gasteiger partial charge in [-0.3, -0.25) is 0 Å². The number of fused-ring (bicyclic) bond motifs is 1. The van der Waals surface area contributed by atoms with Gasteiger partial charge in [0, 0.05) is 5.92 Å². The van der Waals surface area contributed by atoms with Crippen LogP contribution in [-0.2, 0) is 4.79 Å². The molecule has 0 bridgehead atoms. The van der Waals surface area contributed by atoms with Crippen LogP contribution in [0, 0.1) is 34.5 Å². The smallest absolute Gasteiger partial charge is 0.123 e. The van der Waals surface area contributed by atoms with Crippen LogP contribution in [0.5, 0.6) is 0 Å². The molecule has 0 saturated heterocycles. The summed E-state index contributed by atoms with van der Waals surface area (Å²) >= 11 is 0. The fraction of sp³-hybridized carbons (Fsp3) is 0.867. The largest absolute Gasteiger partial charge is 0.303 e. The first-order valence-corrected chi connectivity index (χ1v) is 7.09. The highest BCUT2D eigenvalue weighted by Gasteiger charge is 2.42. The highest BCUT2D eigenvalue weighted by Crippen LogP contribution is 2.50. The normalized spacial score (nSPS) is 41.3. The third-order valence-corrected chi connectivity index (χ3v) is 4.99. The second kappa shape index (κ2) is 5.21. The summed E-state index contributed by atoms with van der Waals surface area (Å²) in [6.45, 7) is 2.18. The summed E-state index contributed by atoms with van der Waals surface area (Å²) in [6.07, 6.45) is 9.95. The topological polar surface area (TPSA) is 40.9 Å². The standard InChI is InChI=1S/C15H23NO/c1-2-6-15(11-16)7-5-13-8-12(10-17)3-4-14(13)9-15/h10,12-14H,2-9H2,1H3. The number of rotatable bonds is 3. The second-order valence-electron chi connectivity index (χ2n) is 6.11. The Hall–Kier alpha value is -0.840. The third-order valence-electron chi connectivity index (χ3n) is 4.99. The van der Waals surface area contributed by atoms with Gasteiger partial charge in [-0.15, -0.1) is 0 Å². The lowest BCUT2D eigenvalue weighted by atomic mass is 9.59. The molecule has 0 spiro atoms. The molecule has 94 valence electrons. The van der Waals surface area contributed by atoms with Crippen molar-refractivity contribution in [3.05, 3.63) is 0 Å². The van der Waals surface area contributed by atoms with E-state index in [1.165, 1.54) is 12.8 Å². The van der Waals surface area contributed by atoms with Crippen molar-refractivity contribution in [3.8, 4) is 6.07 Å². The summed E-state index contributed by atoms with van der Waals surface area (Å²) in [5, 5.41) is 9.45. The van der Waals surface area contributed by atoms with E-state index in [1.807, 2.05) is 0 Å². The van der Waals surface area contributed by atoms with Crippen molar-refractivity contribution in [1.29, 1.82) is 5.26 Å². The first kappa shape index (κ1) is 12.6. The molecule has 2 fully saturated rings. The van der Waals surface area contributed by atoms with Crippen molar-refractivity contribution in [3.63, 3.8) is 0 Å². The molecule has 17 heavy (non-hydrogen) atoms. The Morgan fingerprint density at radius 3 is 2.82 bits per heavy atom.